The molecule has 0 radical (unpaired) electrons. The molecular weight excluding hydrogens is 607 g/mol. The summed E-state index contributed by atoms with van der Waals surface area (Å²) in [5.74, 6) is 0. The van der Waals surface area contributed by atoms with E-state index in [1.54, 1.807) is 0 Å². The molecule has 0 fully saturated rings. The minimum Gasteiger partial charge on any atom is -0.254 e. The van der Waals surface area contributed by atoms with Crippen LogP contribution in [0.3, 0.4) is 0 Å². The smallest absolute Gasteiger partial charge is 0.0893 e. The molecule has 3 heteroatoms. The third-order valence-corrected chi connectivity index (χ3v) is 9.87. The van der Waals surface area contributed by atoms with Crippen LogP contribution in [0.15, 0.2) is 176 Å². The first-order chi connectivity index (χ1) is 24.7. The van der Waals surface area contributed by atoms with Gasteiger partial charge >= 0.3 is 0 Å². The molecule has 0 atom stereocenters. The number of para-hydroxylation sites is 1. The fourth-order valence-electron chi connectivity index (χ4n) is 7.34. The number of benzene rings is 7. The van der Waals surface area contributed by atoms with Crippen molar-refractivity contribution in [2.75, 3.05) is 0 Å². The summed E-state index contributed by atoms with van der Waals surface area (Å²) in [6.45, 7) is 0. The Hall–Kier alpha value is -6.71. The first-order valence-corrected chi connectivity index (χ1v) is 16.9. The maximum Gasteiger partial charge on any atom is 0.0893 e. The van der Waals surface area contributed by atoms with Gasteiger partial charge in [-0.25, -0.2) is 9.97 Å². The van der Waals surface area contributed by atoms with Gasteiger partial charge < -0.3 is 0 Å². The number of pyridine rings is 3. The Balaban J connectivity index is 1.17. The summed E-state index contributed by atoms with van der Waals surface area (Å²) in [5.41, 5.74) is 10.1. The van der Waals surface area contributed by atoms with Crippen molar-refractivity contribution >= 4 is 54.1 Å². The number of fused-ring (bicyclic) bond motifs is 6. The fraction of sp³-hybridized carbons (Fsp3) is 0. The molecule has 3 aromatic heterocycles. The largest absolute Gasteiger partial charge is 0.254 e. The first kappa shape index (κ1) is 28.3. The molecule has 0 N–H and O–H groups in total. The summed E-state index contributed by atoms with van der Waals surface area (Å²) < 4.78 is 0. The van der Waals surface area contributed by atoms with Crippen LogP contribution in [0.25, 0.3) is 99.0 Å². The van der Waals surface area contributed by atoms with E-state index in [1.807, 2.05) is 30.5 Å². The van der Waals surface area contributed by atoms with Crippen LogP contribution in [0.4, 0.5) is 0 Å². The van der Waals surface area contributed by atoms with E-state index in [9.17, 15) is 0 Å². The van der Waals surface area contributed by atoms with Crippen molar-refractivity contribution in [3.63, 3.8) is 0 Å². The lowest BCUT2D eigenvalue weighted by atomic mass is 9.91. The molecule has 3 heterocycles. The molecule has 0 aliphatic carbocycles. The molecule has 0 aliphatic rings. The van der Waals surface area contributed by atoms with Crippen LogP contribution in [0.5, 0.6) is 0 Å². The number of aromatic nitrogens is 3. The van der Waals surface area contributed by atoms with Crippen molar-refractivity contribution in [2.24, 2.45) is 0 Å². The van der Waals surface area contributed by atoms with Crippen LogP contribution in [-0.4, -0.2) is 15.0 Å². The third-order valence-electron chi connectivity index (χ3n) is 9.87. The second-order valence-electron chi connectivity index (χ2n) is 12.9. The standard InChI is InChI=1S/C47H29N3/c1-2-11-32-25-35(18-17-30(32)9-1)47-28-41(36-21-23-45(48-29-36)46-24-19-31-10-4-8-16-43(31)49-46)42-27-34(20-22-44(42)50-47)40-26-33-12-3-5-13-37(33)38-14-6-7-15-39(38)40/h1-29H. The molecule has 0 saturated heterocycles. The third kappa shape index (κ3) is 4.79. The Morgan fingerprint density at radius 2 is 0.940 bits per heavy atom. The van der Waals surface area contributed by atoms with Gasteiger partial charge in [-0.15, -0.1) is 0 Å². The quantitative estimate of drug-likeness (QED) is 0.181. The van der Waals surface area contributed by atoms with Gasteiger partial charge in [0.15, 0.2) is 0 Å². The van der Waals surface area contributed by atoms with E-state index in [0.717, 1.165) is 61.1 Å². The monoisotopic (exact) mass is 635 g/mol. The summed E-state index contributed by atoms with van der Waals surface area (Å²) in [7, 11) is 0. The maximum absolute atomic E-state index is 5.25. The Morgan fingerprint density at radius 1 is 0.300 bits per heavy atom. The van der Waals surface area contributed by atoms with Gasteiger partial charge in [0.1, 0.15) is 0 Å². The van der Waals surface area contributed by atoms with E-state index in [-0.39, 0.29) is 0 Å². The topological polar surface area (TPSA) is 38.7 Å². The molecule has 3 nitrogen and oxygen atoms in total. The summed E-state index contributed by atoms with van der Waals surface area (Å²) in [6.07, 6.45) is 1.98. The van der Waals surface area contributed by atoms with Crippen LogP contribution in [0, 0.1) is 0 Å². The van der Waals surface area contributed by atoms with Crippen molar-refractivity contribution in [3.8, 4) is 44.9 Å². The highest BCUT2D eigenvalue weighted by Gasteiger charge is 2.15. The molecule has 0 aliphatic heterocycles. The van der Waals surface area contributed by atoms with Crippen LogP contribution >= 0.6 is 0 Å². The van der Waals surface area contributed by atoms with Gasteiger partial charge in [-0.1, -0.05) is 121 Å². The van der Waals surface area contributed by atoms with E-state index in [0.29, 0.717) is 0 Å². The maximum atomic E-state index is 5.25. The SMILES string of the molecule is c1ccc2cc(-c3cc(-c4ccc(-c5ccc6ccccc6n5)nc4)c4cc(-c5cc6ccccc6c6ccccc56)ccc4n3)ccc2c1. The first-order valence-electron chi connectivity index (χ1n) is 16.9. The van der Waals surface area contributed by atoms with E-state index in [2.05, 4.69) is 146 Å². The van der Waals surface area contributed by atoms with E-state index in [4.69, 9.17) is 15.0 Å². The molecule has 0 amide bonds. The van der Waals surface area contributed by atoms with Gasteiger partial charge in [0.05, 0.1) is 28.1 Å². The highest BCUT2D eigenvalue weighted by Crippen LogP contribution is 2.39. The van der Waals surface area contributed by atoms with Crippen LogP contribution < -0.4 is 0 Å². The highest BCUT2D eigenvalue weighted by atomic mass is 14.8. The van der Waals surface area contributed by atoms with E-state index in [1.165, 1.54) is 37.9 Å². The average Bonchev–Trinajstić information content (AvgIpc) is 3.19. The number of hydrogen-bond donors (Lipinski definition) is 0. The predicted octanol–water partition coefficient (Wildman–Crippen LogP) is 12.3. The molecule has 10 aromatic rings. The Kier molecular flexibility index (Phi) is 6.49. The Bertz CT molecular complexity index is 2930. The lowest BCUT2D eigenvalue weighted by Crippen LogP contribution is -1.93. The second-order valence-corrected chi connectivity index (χ2v) is 12.9. The predicted molar refractivity (Wildman–Crippen MR) is 209 cm³/mol. The summed E-state index contributed by atoms with van der Waals surface area (Å²) in [5, 5.41) is 9.60. The molecular formula is C47H29N3. The number of nitrogens with zero attached hydrogens (tertiary/aromatic N) is 3. The molecule has 10 rings (SSSR count). The zero-order valence-electron chi connectivity index (χ0n) is 27.1. The van der Waals surface area contributed by atoms with Crippen molar-refractivity contribution in [2.45, 2.75) is 0 Å². The molecule has 50 heavy (non-hydrogen) atoms. The normalized spacial score (nSPS) is 11.6. The lowest BCUT2D eigenvalue weighted by Gasteiger charge is -2.15. The van der Waals surface area contributed by atoms with Gasteiger partial charge in [-0.05, 0) is 97.5 Å². The molecule has 232 valence electrons. The molecule has 0 saturated carbocycles. The summed E-state index contributed by atoms with van der Waals surface area (Å²) >= 11 is 0. The Labute approximate surface area is 289 Å². The lowest BCUT2D eigenvalue weighted by molar-refractivity contribution is 1.28. The van der Waals surface area contributed by atoms with Gasteiger partial charge in [-0.3, -0.25) is 4.98 Å². The molecule has 0 bridgehead atoms. The van der Waals surface area contributed by atoms with E-state index >= 15 is 0 Å². The van der Waals surface area contributed by atoms with Crippen LogP contribution in [0.1, 0.15) is 0 Å². The minimum absolute atomic E-state index is 0.843. The second kappa shape index (κ2) is 11.5. The summed E-state index contributed by atoms with van der Waals surface area (Å²) in [4.78, 5) is 15.1. The van der Waals surface area contributed by atoms with Crippen molar-refractivity contribution in [3.05, 3.63) is 176 Å². The highest BCUT2D eigenvalue weighted by molar-refractivity contribution is 6.14. The van der Waals surface area contributed by atoms with Gasteiger partial charge in [0.25, 0.3) is 0 Å². The van der Waals surface area contributed by atoms with E-state index < -0.39 is 0 Å². The molecule has 7 aromatic carbocycles. The number of hydrogen-bond acceptors (Lipinski definition) is 3. The van der Waals surface area contributed by atoms with Gasteiger partial charge in [-0.2, -0.15) is 0 Å². The van der Waals surface area contributed by atoms with Crippen molar-refractivity contribution < 1.29 is 0 Å². The minimum atomic E-state index is 0.843. The summed E-state index contributed by atoms with van der Waals surface area (Å²) in [6, 6.07) is 60.2. The zero-order chi connectivity index (χ0) is 33.0. The average molecular weight is 636 g/mol. The Morgan fingerprint density at radius 3 is 1.80 bits per heavy atom. The van der Waals surface area contributed by atoms with Gasteiger partial charge in [0.2, 0.25) is 0 Å². The zero-order valence-corrected chi connectivity index (χ0v) is 27.1. The molecule has 0 unspecified atom stereocenters. The van der Waals surface area contributed by atoms with Crippen molar-refractivity contribution in [1.29, 1.82) is 0 Å². The fourth-order valence-corrected chi connectivity index (χ4v) is 7.34. The van der Waals surface area contributed by atoms with Crippen molar-refractivity contribution in [1.82, 2.24) is 15.0 Å². The van der Waals surface area contributed by atoms with Gasteiger partial charge in [0, 0.05) is 28.1 Å². The van der Waals surface area contributed by atoms with Crippen LogP contribution in [-0.2, 0) is 0 Å². The number of rotatable bonds is 4. The molecule has 0 spiro atoms. The van der Waals surface area contributed by atoms with Crippen LogP contribution in [0.2, 0.25) is 0 Å².